The van der Waals surface area contributed by atoms with E-state index in [0.29, 0.717) is 0 Å². The van der Waals surface area contributed by atoms with Crippen LogP contribution in [-0.4, -0.2) is 22.4 Å². The summed E-state index contributed by atoms with van der Waals surface area (Å²) in [4.78, 5) is 10.5. The summed E-state index contributed by atoms with van der Waals surface area (Å²) in [6.07, 6.45) is -3.70. The summed E-state index contributed by atoms with van der Waals surface area (Å²) in [5.41, 5.74) is -0.288. The van der Waals surface area contributed by atoms with Gasteiger partial charge >= 0.3 is 12.1 Å². The number of hydrogen-bond acceptors (Lipinski definition) is 2. The molecule has 0 radical (unpaired) electrons. The molecule has 0 spiro atoms. The van der Waals surface area contributed by atoms with Crippen LogP contribution in [0.3, 0.4) is 0 Å². The molecule has 0 heterocycles. The quantitative estimate of drug-likeness (QED) is 0.824. The summed E-state index contributed by atoms with van der Waals surface area (Å²) in [6.45, 7) is 0. The van der Waals surface area contributed by atoms with Crippen molar-refractivity contribution in [2.45, 2.75) is 6.18 Å². The highest BCUT2D eigenvalue weighted by molar-refractivity contribution is 5.91. The molecule has 1 aromatic carbocycles. The number of carboxylic acids is 1. The van der Waals surface area contributed by atoms with Crippen LogP contribution in [0, 0.1) is 0 Å². The third-order valence-corrected chi connectivity index (χ3v) is 1.72. The molecule has 2 N–H and O–H groups in total. The van der Waals surface area contributed by atoms with Crippen LogP contribution in [-0.2, 0) is 0 Å². The number of alkyl halides is 3. The fourth-order valence-electron chi connectivity index (χ4n) is 1.02. The Morgan fingerprint density at radius 3 is 2.38 bits per heavy atom. The summed E-state index contributed by atoms with van der Waals surface area (Å²) < 4.78 is 35.4. The van der Waals surface area contributed by atoms with E-state index in [9.17, 15) is 23.1 Å². The zero-order valence-electron chi connectivity index (χ0n) is 7.82. The van der Waals surface area contributed by atoms with Crippen LogP contribution in [0.4, 0.5) is 13.2 Å². The van der Waals surface area contributed by atoms with Gasteiger partial charge in [0.1, 0.15) is 11.3 Å². The molecule has 0 saturated carbocycles. The van der Waals surface area contributed by atoms with Crippen molar-refractivity contribution in [1.29, 1.82) is 0 Å². The van der Waals surface area contributed by atoms with Gasteiger partial charge < -0.3 is 10.2 Å². The van der Waals surface area contributed by atoms with Crippen LogP contribution in [0.1, 0.15) is 15.9 Å². The van der Waals surface area contributed by atoms with Gasteiger partial charge in [0.15, 0.2) is 0 Å². The fourth-order valence-corrected chi connectivity index (χ4v) is 1.02. The number of aromatic hydroxyl groups is 1. The number of hydrogen-bond donors (Lipinski definition) is 2. The van der Waals surface area contributed by atoms with Gasteiger partial charge in [0.05, 0.1) is 0 Å². The van der Waals surface area contributed by atoms with E-state index in [-0.39, 0.29) is 17.2 Å². The van der Waals surface area contributed by atoms with Gasteiger partial charge in [-0.1, -0.05) is 6.07 Å². The molecule has 16 heavy (non-hydrogen) atoms. The maximum atomic E-state index is 11.8. The number of aromatic carboxylic acids is 1. The third kappa shape index (κ3) is 3.30. The molecular weight excluding hydrogens is 225 g/mol. The molecule has 0 aliphatic carbocycles. The molecule has 0 saturated heterocycles. The Morgan fingerprint density at radius 2 is 1.94 bits per heavy atom. The molecule has 0 aliphatic heterocycles. The summed E-state index contributed by atoms with van der Waals surface area (Å²) in [7, 11) is 0. The maximum absolute atomic E-state index is 11.8. The molecule has 1 aromatic rings. The van der Waals surface area contributed by atoms with Crippen LogP contribution >= 0.6 is 0 Å². The highest BCUT2D eigenvalue weighted by Gasteiger charge is 2.21. The zero-order valence-corrected chi connectivity index (χ0v) is 7.82. The lowest BCUT2D eigenvalue weighted by Crippen LogP contribution is -2.00. The zero-order chi connectivity index (χ0) is 12.3. The minimum atomic E-state index is -4.44. The first-order chi connectivity index (χ1) is 7.29. The summed E-state index contributed by atoms with van der Waals surface area (Å²) in [6, 6.07) is 3.16. The number of allylic oxidation sites excluding steroid dienone is 1. The van der Waals surface area contributed by atoms with Crippen LogP contribution in [0.2, 0.25) is 0 Å². The highest BCUT2D eigenvalue weighted by Crippen LogP contribution is 2.22. The summed E-state index contributed by atoms with van der Waals surface area (Å²) in [5, 5.41) is 17.8. The molecule has 0 aromatic heterocycles. The van der Waals surface area contributed by atoms with E-state index in [1.165, 1.54) is 6.07 Å². The van der Waals surface area contributed by atoms with Gasteiger partial charge in [-0.05, 0) is 23.8 Å². The molecule has 0 unspecified atom stereocenters. The number of carbonyl (C=O) groups is 1. The van der Waals surface area contributed by atoms with E-state index >= 15 is 0 Å². The Hall–Kier alpha value is -1.98. The first kappa shape index (κ1) is 12.1. The number of phenols is 1. The third-order valence-electron chi connectivity index (χ3n) is 1.72. The van der Waals surface area contributed by atoms with Crippen LogP contribution < -0.4 is 0 Å². The van der Waals surface area contributed by atoms with Crippen LogP contribution in [0.5, 0.6) is 5.75 Å². The van der Waals surface area contributed by atoms with Gasteiger partial charge in [0.25, 0.3) is 0 Å². The molecule has 6 heteroatoms. The van der Waals surface area contributed by atoms with E-state index in [0.717, 1.165) is 18.2 Å². The second-order valence-electron chi connectivity index (χ2n) is 2.96. The average molecular weight is 232 g/mol. The van der Waals surface area contributed by atoms with Crippen molar-refractivity contribution in [3.8, 4) is 5.75 Å². The Morgan fingerprint density at radius 1 is 1.31 bits per heavy atom. The lowest BCUT2D eigenvalue weighted by molar-refractivity contribution is -0.0790. The van der Waals surface area contributed by atoms with E-state index in [1.54, 1.807) is 0 Å². The second kappa shape index (κ2) is 4.26. The number of benzene rings is 1. The normalized spacial score (nSPS) is 11.9. The van der Waals surface area contributed by atoms with E-state index in [2.05, 4.69) is 0 Å². The molecule has 86 valence electrons. The van der Waals surface area contributed by atoms with Gasteiger partial charge in [0, 0.05) is 6.08 Å². The lowest BCUT2D eigenvalue weighted by Gasteiger charge is -2.01. The molecule has 0 bridgehead atoms. The number of carboxylic acid groups (broad SMARTS) is 1. The molecule has 0 amide bonds. The Labute approximate surface area is 88.4 Å². The number of halogens is 3. The van der Waals surface area contributed by atoms with Gasteiger partial charge in [0.2, 0.25) is 0 Å². The van der Waals surface area contributed by atoms with Gasteiger partial charge in [-0.15, -0.1) is 0 Å². The van der Waals surface area contributed by atoms with Gasteiger partial charge in [-0.25, -0.2) is 4.79 Å². The largest absolute Gasteiger partial charge is 0.507 e. The van der Waals surface area contributed by atoms with E-state index in [4.69, 9.17) is 5.11 Å². The molecular formula is C10H7F3O3. The average Bonchev–Trinajstić information content (AvgIpc) is 2.13. The van der Waals surface area contributed by atoms with Crippen LogP contribution in [0.15, 0.2) is 24.3 Å². The standard InChI is InChI=1S/C10H7F3O3/c11-10(12,13)4-3-6-1-2-7(9(15)16)8(14)5-6/h1-5,14H,(H,15,16). The molecule has 0 fully saturated rings. The molecule has 0 aliphatic rings. The van der Waals surface area contributed by atoms with Crippen molar-refractivity contribution in [3.05, 3.63) is 35.4 Å². The van der Waals surface area contributed by atoms with E-state index < -0.39 is 17.9 Å². The topological polar surface area (TPSA) is 57.5 Å². The second-order valence-corrected chi connectivity index (χ2v) is 2.96. The summed E-state index contributed by atoms with van der Waals surface area (Å²) >= 11 is 0. The maximum Gasteiger partial charge on any atom is 0.409 e. The summed E-state index contributed by atoms with van der Waals surface area (Å²) in [5.74, 6) is -1.92. The van der Waals surface area contributed by atoms with Crippen LogP contribution in [0.25, 0.3) is 6.08 Å². The van der Waals surface area contributed by atoms with Gasteiger partial charge in [-0.3, -0.25) is 0 Å². The van der Waals surface area contributed by atoms with Crippen molar-refractivity contribution in [1.82, 2.24) is 0 Å². The smallest absolute Gasteiger partial charge is 0.409 e. The fraction of sp³-hybridized carbons (Fsp3) is 0.100. The van der Waals surface area contributed by atoms with Crippen molar-refractivity contribution in [3.63, 3.8) is 0 Å². The monoisotopic (exact) mass is 232 g/mol. The van der Waals surface area contributed by atoms with Crippen molar-refractivity contribution in [2.75, 3.05) is 0 Å². The lowest BCUT2D eigenvalue weighted by atomic mass is 10.1. The number of rotatable bonds is 2. The van der Waals surface area contributed by atoms with Crippen molar-refractivity contribution in [2.24, 2.45) is 0 Å². The SMILES string of the molecule is O=C(O)c1ccc(C=CC(F)(F)F)cc1O. The molecule has 1 rings (SSSR count). The highest BCUT2D eigenvalue weighted by atomic mass is 19.4. The van der Waals surface area contributed by atoms with Crippen molar-refractivity contribution >= 4 is 12.0 Å². The molecule has 0 atom stereocenters. The van der Waals surface area contributed by atoms with E-state index in [1.807, 2.05) is 0 Å². The first-order valence-electron chi connectivity index (χ1n) is 4.12. The Balaban J connectivity index is 2.99. The van der Waals surface area contributed by atoms with Crippen molar-refractivity contribution < 1.29 is 28.2 Å². The minimum Gasteiger partial charge on any atom is -0.507 e. The predicted octanol–water partition coefficient (Wildman–Crippen LogP) is 2.67. The predicted molar refractivity (Wildman–Crippen MR) is 50.2 cm³/mol. The Bertz CT molecular complexity index is 435. The first-order valence-corrected chi connectivity index (χ1v) is 4.12. The van der Waals surface area contributed by atoms with Gasteiger partial charge in [-0.2, -0.15) is 13.2 Å². The molecule has 3 nitrogen and oxygen atoms in total. The Kier molecular flexibility index (Phi) is 3.22. The minimum absolute atomic E-state index is 0.00220.